The van der Waals surface area contributed by atoms with Gasteiger partial charge in [0.25, 0.3) is 5.91 Å². The average molecular weight is 225 g/mol. The third kappa shape index (κ3) is 3.60. The first-order valence-electron chi connectivity index (χ1n) is 4.51. The first kappa shape index (κ1) is 12.0. The Bertz CT molecular complexity index is 396. The molecule has 86 valence electrons. The van der Waals surface area contributed by atoms with Crippen LogP contribution in [-0.2, 0) is 11.3 Å². The van der Waals surface area contributed by atoms with Crippen LogP contribution in [0.5, 0.6) is 0 Å². The number of nitrogens with zero attached hydrogens (tertiary/aromatic N) is 4. The number of rotatable bonds is 6. The van der Waals surface area contributed by atoms with Crippen LogP contribution in [0, 0.1) is 0 Å². The molecule has 0 bridgehead atoms. The van der Waals surface area contributed by atoms with Crippen LogP contribution >= 0.6 is 0 Å². The van der Waals surface area contributed by atoms with Gasteiger partial charge in [-0.1, -0.05) is 10.3 Å². The highest BCUT2D eigenvalue weighted by Crippen LogP contribution is 2.04. The summed E-state index contributed by atoms with van der Waals surface area (Å²) in [6.45, 7) is 0.722. The van der Waals surface area contributed by atoms with E-state index in [1.165, 1.54) is 13.2 Å². The zero-order valence-corrected chi connectivity index (χ0v) is 8.71. The summed E-state index contributed by atoms with van der Waals surface area (Å²) in [5.41, 5.74) is 8.19. The molecule has 1 heterocycles. The number of amides is 1. The zero-order chi connectivity index (χ0) is 11.8. The number of aromatic nitrogens is 1. The maximum Gasteiger partial charge on any atom is 0.273 e. The number of nitrogens with one attached hydrogen (secondary N) is 1. The number of methoxy groups -OCH3 is 1. The molecule has 0 saturated heterocycles. The van der Waals surface area contributed by atoms with Gasteiger partial charge in [0.05, 0.1) is 0 Å². The molecule has 8 nitrogen and oxygen atoms in total. The van der Waals surface area contributed by atoms with Gasteiger partial charge in [-0.3, -0.25) is 4.79 Å². The smallest absolute Gasteiger partial charge is 0.273 e. The number of azide groups is 1. The summed E-state index contributed by atoms with van der Waals surface area (Å²) in [5, 5.41) is 9.36. The molecular formula is C8H11N5O3. The van der Waals surface area contributed by atoms with Gasteiger partial charge < -0.3 is 14.6 Å². The second-order valence-electron chi connectivity index (χ2n) is 2.82. The molecule has 0 saturated carbocycles. The largest absolute Gasteiger partial charge is 0.377 e. The molecule has 0 aliphatic heterocycles. The highest BCUT2D eigenvalue weighted by Gasteiger charge is 2.11. The van der Waals surface area contributed by atoms with Crippen molar-refractivity contribution in [3.63, 3.8) is 0 Å². The van der Waals surface area contributed by atoms with Crippen LogP contribution in [0.4, 0.5) is 0 Å². The van der Waals surface area contributed by atoms with Gasteiger partial charge in [-0.15, -0.1) is 0 Å². The molecular weight excluding hydrogens is 214 g/mol. The van der Waals surface area contributed by atoms with Crippen molar-refractivity contribution >= 4 is 5.91 Å². The Morgan fingerprint density at radius 1 is 1.81 bits per heavy atom. The summed E-state index contributed by atoms with van der Waals surface area (Å²) in [6, 6.07) is 1.49. The summed E-state index contributed by atoms with van der Waals surface area (Å²) in [4.78, 5) is 14.0. The van der Waals surface area contributed by atoms with Crippen molar-refractivity contribution in [2.75, 3.05) is 20.2 Å². The molecule has 0 atom stereocenters. The fourth-order valence-corrected chi connectivity index (χ4v) is 0.985. The molecule has 1 rings (SSSR count). The minimum absolute atomic E-state index is 0.174. The van der Waals surface area contributed by atoms with E-state index in [9.17, 15) is 4.79 Å². The van der Waals surface area contributed by atoms with Crippen LogP contribution in [0.15, 0.2) is 15.7 Å². The predicted octanol–water partition coefficient (Wildman–Crippen LogP) is 0.861. The highest BCUT2D eigenvalue weighted by atomic mass is 16.5. The molecule has 1 N–H and O–H groups in total. The highest BCUT2D eigenvalue weighted by molar-refractivity contribution is 5.92. The third-order valence-electron chi connectivity index (χ3n) is 1.64. The van der Waals surface area contributed by atoms with Gasteiger partial charge in [-0.2, -0.15) is 0 Å². The van der Waals surface area contributed by atoms with Crippen LogP contribution in [-0.4, -0.2) is 31.3 Å². The van der Waals surface area contributed by atoms with E-state index in [-0.39, 0.29) is 31.3 Å². The summed E-state index contributed by atoms with van der Waals surface area (Å²) in [6.07, 6.45) is 0. The van der Waals surface area contributed by atoms with Crippen molar-refractivity contribution in [1.29, 1.82) is 0 Å². The lowest BCUT2D eigenvalue weighted by Gasteiger charge is -1.97. The van der Waals surface area contributed by atoms with Crippen LogP contribution in [0.3, 0.4) is 0 Å². The third-order valence-corrected chi connectivity index (χ3v) is 1.64. The quantitative estimate of drug-likeness (QED) is 0.334. The molecule has 16 heavy (non-hydrogen) atoms. The fraction of sp³-hybridized carbons (Fsp3) is 0.500. The van der Waals surface area contributed by atoms with Crippen LogP contribution in [0.25, 0.3) is 10.4 Å². The summed E-state index contributed by atoms with van der Waals surface area (Å²) >= 11 is 0. The number of carbonyl (C=O) groups is 1. The Hall–Kier alpha value is -2.05. The molecule has 0 aliphatic carbocycles. The lowest BCUT2D eigenvalue weighted by Crippen LogP contribution is -2.26. The molecule has 0 aliphatic rings. The van der Waals surface area contributed by atoms with Crippen molar-refractivity contribution in [1.82, 2.24) is 10.5 Å². The minimum Gasteiger partial charge on any atom is -0.377 e. The Kier molecular flexibility index (Phi) is 4.84. The SMILES string of the molecule is COCc1cc(C(=O)NCCN=[N+]=[N-])no1. The Labute approximate surface area is 91.2 Å². The lowest BCUT2D eigenvalue weighted by molar-refractivity contribution is 0.0945. The Morgan fingerprint density at radius 2 is 2.62 bits per heavy atom. The summed E-state index contributed by atoms with van der Waals surface area (Å²) in [7, 11) is 1.52. The van der Waals surface area contributed by atoms with Gasteiger partial charge >= 0.3 is 0 Å². The monoisotopic (exact) mass is 225 g/mol. The maximum absolute atomic E-state index is 11.4. The molecule has 0 spiro atoms. The Balaban J connectivity index is 2.42. The van der Waals surface area contributed by atoms with Crippen LogP contribution < -0.4 is 5.32 Å². The molecule has 8 heteroatoms. The molecule has 0 aromatic carbocycles. The Morgan fingerprint density at radius 3 is 3.31 bits per heavy atom. The van der Waals surface area contributed by atoms with Gasteiger partial charge in [-0.25, -0.2) is 0 Å². The lowest BCUT2D eigenvalue weighted by atomic mass is 10.3. The van der Waals surface area contributed by atoms with Gasteiger partial charge in [0.2, 0.25) is 0 Å². The number of hydrogen-bond acceptors (Lipinski definition) is 5. The van der Waals surface area contributed by atoms with Crippen LogP contribution in [0.2, 0.25) is 0 Å². The van der Waals surface area contributed by atoms with Crippen molar-refractivity contribution < 1.29 is 14.1 Å². The van der Waals surface area contributed by atoms with Crippen molar-refractivity contribution in [2.24, 2.45) is 5.11 Å². The number of ether oxygens (including phenoxy) is 1. The zero-order valence-electron chi connectivity index (χ0n) is 8.71. The second kappa shape index (κ2) is 6.44. The van der Waals surface area contributed by atoms with Gasteiger partial charge in [0.1, 0.15) is 6.61 Å². The van der Waals surface area contributed by atoms with Gasteiger partial charge in [0.15, 0.2) is 11.5 Å². The summed E-state index contributed by atoms with van der Waals surface area (Å²) < 4.78 is 9.65. The van der Waals surface area contributed by atoms with E-state index >= 15 is 0 Å². The van der Waals surface area contributed by atoms with E-state index in [0.717, 1.165) is 0 Å². The van der Waals surface area contributed by atoms with Gasteiger partial charge in [0, 0.05) is 31.2 Å². The molecule has 1 amide bonds. The van der Waals surface area contributed by atoms with E-state index in [0.29, 0.717) is 5.76 Å². The van der Waals surface area contributed by atoms with E-state index in [1.807, 2.05) is 0 Å². The topological polar surface area (TPSA) is 113 Å². The fourth-order valence-electron chi connectivity index (χ4n) is 0.985. The standard InChI is InChI=1S/C8H11N5O3/c1-15-5-6-4-7(12-16-6)8(14)10-2-3-11-13-9/h4H,2-3,5H2,1H3,(H,10,14). The molecule has 0 fully saturated rings. The van der Waals surface area contributed by atoms with Crippen LogP contribution in [0.1, 0.15) is 16.2 Å². The van der Waals surface area contributed by atoms with E-state index in [1.54, 1.807) is 0 Å². The minimum atomic E-state index is -0.376. The van der Waals surface area contributed by atoms with Crippen molar-refractivity contribution in [3.8, 4) is 0 Å². The molecule has 0 radical (unpaired) electrons. The van der Waals surface area contributed by atoms with E-state index in [4.69, 9.17) is 14.8 Å². The van der Waals surface area contributed by atoms with E-state index in [2.05, 4.69) is 20.5 Å². The first-order valence-corrected chi connectivity index (χ1v) is 4.51. The normalized spacial score (nSPS) is 9.56. The van der Waals surface area contributed by atoms with Crippen molar-refractivity contribution in [2.45, 2.75) is 6.61 Å². The van der Waals surface area contributed by atoms with Crippen molar-refractivity contribution in [3.05, 3.63) is 28.0 Å². The number of hydrogen-bond donors (Lipinski definition) is 1. The average Bonchev–Trinajstić information content (AvgIpc) is 2.73. The number of carbonyl (C=O) groups excluding carboxylic acids is 1. The maximum atomic E-state index is 11.4. The summed E-state index contributed by atoms with van der Waals surface area (Å²) in [5.74, 6) is 0.0990. The molecule has 1 aromatic rings. The van der Waals surface area contributed by atoms with E-state index < -0.39 is 0 Å². The first-order chi connectivity index (χ1) is 7.77. The molecule has 1 aromatic heterocycles. The van der Waals surface area contributed by atoms with Gasteiger partial charge in [-0.05, 0) is 5.53 Å². The molecule has 0 unspecified atom stereocenters. The predicted molar refractivity (Wildman–Crippen MR) is 53.6 cm³/mol. The second-order valence-corrected chi connectivity index (χ2v) is 2.82.